The Morgan fingerprint density at radius 2 is 0.885 bits per heavy atom. The predicted molar refractivity (Wildman–Crippen MR) is 368 cm³/mol. The van der Waals surface area contributed by atoms with Gasteiger partial charge in [0, 0.05) is 23.7 Å². The van der Waals surface area contributed by atoms with Crippen LogP contribution in [0.2, 0.25) is 18.1 Å². The second-order valence-corrected chi connectivity index (χ2v) is 31.1. The Morgan fingerprint density at radius 3 is 1.29 bits per heavy atom. The van der Waals surface area contributed by atoms with Gasteiger partial charge in [-0.05, 0) is 69.5 Å². The second-order valence-electron chi connectivity index (χ2n) is 26.5. The number of carbonyl (C=O) groups is 5. The standard InChI is InChI=1S/C73H90N6O24Si/c1-42(2)73(5,6)104(9,10)103-72-65(95-44(4)82)59(92-40-48-32-22-14-23-33-48)61(63(102-72)68(86)88-8)100-70-53(77-79-75)57(90-38-46-28-18-12-19-29-46)55(51(97-70)41-93-66(84)49-34-24-15-25-35-49)98-71-64(94-43(3)81)58(91-39-47-30-20-13-21-31-47)60(62(101-71)67(85)87-7)99-69-52(76-78-74)56(54(83)50(36-80)96-69)89-37-45-26-16-11-17-27-45/h11-35,42,50-65,69-72,80,83H,36-41H2,1-10H3/t50-,51-,52-,53-,54-,55-,56-,57-,58+,59+,60+,61+,62-,63-,64-,65-,69-,70-,71+,72-/m1/s1. The number of hydrogen-bond acceptors (Lipinski definition) is 26. The first-order valence-electron chi connectivity index (χ1n) is 34.0. The Balaban J connectivity index is 1.18. The van der Waals surface area contributed by atoms with Gasteiger partial charge >= 0.3 is 29.8 Å². The van der Waals surface area contributed by atoms with Gasteiger partial charge in [0.2, 0.25) is 0 Å². The summed E-state index contributed by atoms with van der Waals surface area (Å²) in [6.45, 7) is 11.9. The van der Waals surface area contributed by atoms with Crippen molar-refractivity contribution in [1.82, 2.24) is 0 Å². The van der Waals surface area contributed by atoms with Crippen molar-refractivity contribution in [2.45, 2.75) is 209 Å². The number of benzene rings is 5. The van der Waals surface area contributed by atoms with Crippen molar-refractivity contribution < 1.29 is 114 Å². The van der Waals surface area contributed by atoms with E-state index in [1.54, 1.807) is 140 Å². The monoisotopic (exact) mass is 1460 g/mol. The first-order chi connectivity index (χ1) is 50.0. The van der Waals surface area contributed by atoms with Crippen molar-refractivity contribution in [3.63, 3.8) is 0 Å². The molecule has 560 valence electrons. The van der Waals surface area contributed by atoms with Crippen LogP contribution in [0.1, 0.15) is 74.2 Å². The maximum absolute atomic E-state index is 14.7. The molecule has 4 aliphatic heterocycles. The van der Waals surface area contributed by atoms with E-state index in [9.17, 15) is 45.2 Å². The van der Waals surface area contributed by atoms with Crippen molar-refractivity contribution in [3.05, 3.63) is 200 Å². The van der Waals surface area contributed by atoms with Crippen LogP contribution in [0.5, 0.6) is 0 Å². The molecule has 5 aromatic carbocycles. The molecule has 0 aromatic heterocycles. The fourth-order valence-corrected chi connectivity index (χ4v) is 14.9. The van der Waals surface area contributed by atoms with Crippen molar-refractivity contribution >= 4 is 38.2 Å². The maximum Gasteiger partial charge on any atom is 0.338 e. The highest BCUT2D eigenvalue weighted by Crippen LogP contribution is 2.47. The minimum Gasteiger partial charge on any atom is -0.467 e. The molecule has 31 heteroatoms. The molecular formula is C73H90N6O24Si. The van der Waals surface area contributed by atoms with Gasteiger partial charge in [-0.2, -0.15) is 0 Å². The summed E-state index contributed by atoms with van der Waals surface area (Å²) < 4.78 is 110. The molecule has 4 fully saturated rings. The number of aliphatic hydroxyl groups excluding tert-OH is 2. The van der Waals surface area contributed by atoms with Gasteiger partial charge in [-0.15, -0.1) is 0 Å². The minimum atomic E-state index is -3.01. The Bertz CT molecular complexity index is 3680. The van der Waals surface area contributed by atoms with E-state index < -0.39 is 179 Å². The zero-order valence-electron chi connectivity index (χ0n) is 59.4. The van der Waals surface area contributed by atoms with Crippen LogP contribution in [-0.4, -0.2) is 199 Å². The highest BCUT2D eigenvalue weighted by atomic mass is 28.4. The molecule has 104 heavy (non-hydrogen) atoms. The number of nitrogens with zero attached hydrogens (tertiary/aromatic N) is 6. The third kappa shape index (κ3) is 20.0. The van der Waals surface area contributed by atoms with Crippen LogP contribution < -0.4 is 0 Å². The Labute approximate surface area is 602 Å². The van der Waals surface area contributed by atoms with Crippen LogP contribution in [0.3, 0.4) is 0 Å². The van der Waals surface area contributed by atoms with Crippen LogP contribution in [-0.2, 0) is 126 Å². The lowest BCUT2D eigenvalue weighted by atomic mass is 9.93. The molecule has 0 aliphatic carbocycles. The fraction of sp³-hybridized carbons (Fsp3) is 0.521. The lowest BCUT2D eigenvalue weighted by Gasteiger charge is -2.52. The molecule has 4 saturated heterocycles. The summed E-state index contributed by atoms with van der Waals surface area (Å²) >= 11 is 0. The Hall–Kier alpha value is -8.27. The van der Waals surface area contributed by atoms with Gasteiger partial charge < -0.3 is 90.4 Å². The van der Waals surface area contributed by atoms with Crippen LogP contribution in [0, 0.1) is 5.92 Å². The molecule has 5 aromatic rings. The van der Waals surface area contributed by atoms with Gasteiger partial charge in [-0.1, -0.05) is 177 Å². The van der Waals surface area contributed by atoms with Crippen LogP contribution in [0.4, 0.5) is 0 Å². The van der Waals surface area contributed by atoms with E-state index in [1.807, 2.05) is 40.8 Å². The first kappa shape index (κ1) is 79.8. The highest BCUT2D eigenvalue weighted by Gasteiger charge is 2.62. The average Bonchev–Trinajstić information content (AvgIpc) is 0.759. The molecule has 4 aliphatic rings. The lowest BCUT2D eigenvalue weighted by molar-refractivity contribution is -0.375. The molecule has 0 bridgehead atoms. The third-order valence-corrected chi connectivity index (χ3v) is 23.6. The smallest absolute Gasteiger partial charge is 0.338 e. The molecule has 0 spiro atoms. The third-order valence-electron chi connectivity index (χ3n) is 19.1. The zero-order chi connectivity index (χ0) is 74.7. The van der Waals surface area contributed by atoms with E-state index >= 15 is 0 Å². The number of carbonyl (C=O) groups excluding carboxylic acids is 5. The number of esters is 5. The van der Waals surface area contributed by atoms with Crippen LogP contribution in [0.25, 0.3) is 20.9 Å². The molecule has 9 rings (SSSR count). The van der Waals surface area contributed by atoms with E-state index in [0.717, 1.165) is 21.1 Å². The van der Waals surface area contributed by atoms with E-state index in [0.29, 0.717) is 22.3 Å². The molecule has 2 N–H and O–H groups in total. The van der Waals surface area contributed by atoms with Crippen molar-refractivity contribution in [2.75, 3.05) is 27.4 Å². The summed E-state index contributed by atoms with van der Waals surface area (Å²) in [4.78, 5) is 77.3. The van der Waals surface area contributed by atoms with Gasteiger partial charge in [0.15, 0.2) is 57.9 Å². The summed E-state index contributed by atoms with van der Waals surface area (Å²) in [5, 5.41) is 30.1. The minimum absolute atomic E-state index is 0.0639. The molecule has 0 radical (unpaired) electrons. The number of aliphatic hydroxyl groups is 2. The number of methoxy groups -OCH3 is 2. The van der Waals surface area contributed by atoms with Crippen molar-refractivity contribution in [2.24, 2.45) is 16.1 Å². The van der Waals surface area contributed by atoms with Crippen molar-refractivity contribution in [1.29, 1.82) is 0 Å². The SMILES string of the molecule is COC(=O)[C@@H]1O[C@H](O[Si](C)(C)C(C)(C)C(C)C)[C@H](OC(C)=O)[C@@H](OCc2ccccc2)[C@@H]1O[C@H]1O[C@H](COC(=O)c2ccccc2)[C@@H](O[C@H]2O[C@@H](C(=O)OC)[C@@H](O[C@H]3O[C@H](CO)[C@@H](O)[C@H](OCc4ccccc4)[C@H]3N=[N+]=[N-])[C@H](OCc3ccccc3)[C@H]2OC(C)=O)[C@H](OCc2ccccc2)[C@H]1N=[N+]=[N-]. The van der Waals surface area contributed by atoms with Crippen LogP contribution in [0.15, 0.2) is 162 Å². The molecule has 0 amide bonds. The van der Waals surface area contributed by atoms with Gasteiger partial charge in [0.05, 0.1) is 58.9 Å². The average molecular weight is 1460 g/mol. The Kier molecular flexibility index (Phi) is 28.9. The molecule has 20 atom stereocenters. The summed E-state index contributed by atoms with van der Waals surface area (Å²) in [7, 11) is -0.841. The van der Waals surface area contributed by atoms with E-state index in [4.69, 9.17) is 80.2 Å². The summed E-state index contributed by atoms with van der Waals surface area (Å²) in [6.07, 6.45) is -31.0. The number of rotatable bonds is 32. The number of azide groups is 2. The fourth-order valence-electron chi connectivity index (χ4n) is 12.5. The van der Waals surface area contributed by atoms with Gasteiger partial charge in [-0.25, -0.2) is 14.4 Å². The normalized spacial score (nSPS) is 29.2. The molecule has 30 nitrogen and oxygen atoms in total. The van der Waals surface area contributed by atoms with E-state index in [2.05, 4.69) is 20.1 Å². The van der Waals surface area contributed by atoms with E-state index in [1.165, 1.54) is 19.1 Å². The topological polar surface area (TPSA) is 380 Å². The lowest BCUT2D eigenvalue weighted by Crippen LogP contribution is -2.69. The summed E-state index contributed by atoms with van der Waals surface area (Å²) in [5.41, 5.74) is 23.4. The first-order valence-corrected chi connectivity index (χ1v) is 36.9. The van der Waals surface area contributed by atoms with Gasteiger partial charge in [-0.3, -0.25) is 9.59 Å². The van der Waals surface area contributed by atoms with Crippen LogP contribution >= 0.6 is 0 Å². The Morgan fingerprint density at radius 1 is 0.510 bits per heavy atom. The molecule has 4 heterocycles. The van der Waals surface area contributed by atoms with Gasteiger partial charge in [0.25, 0.3) is 0 Å². The quantitative estimate of drug-likeness (QED) is 0.0101. The largest absolute Gasteiger partial charge is 0.467 e. The number of hydrogen-bond donors (Lipinski definition) is 2. The van der Waals surface area contributed by atoms with E-state index in [-0.39, 0.29) is 37.9 Å². The molecule has 0 saturated carbocycles. The zero-order valence-corrected chi connectivity index (χ0v) is 60.4. The maximum atomic E-state index is 14.7. The molecule has 0 unspecified atom stereocenters. The van der Waals surface area contributed by atoms with Crippen molar-refractivity contribution in [3.8, 4) is 0 Å². The van der Waals surface area contributed by atoms with Gasteiger partial charge in [0.1, 0.15) is 73.6 Å². The highest BCUT2D eigenvalue weighted by molar-refractivity contribution is 6.74. The predicted octanol–water partition coefficient (Wildman–Crippen LogP) is 8.82. The summed E-state index contributed by atoms with van der Waals surface area (Å²) in [5.74, 6) is -4.72. The molecular weight excluding hydrogens is 1370 g/mol. The second kappa shape index (κ2) is 37.6. The number of ether oxygens (including phenoxy) is 16. The summed E-state index contributed by atoms with van der Waals surface area (Å²) in [6, 6.07) is 39.7.